The highest BCUT2D eigenvalue weighted by atomic mass is 32.1. The zero-order valence-electron chi connectivity index (χ0n) is 21.9. The summed E-state index contributed by atoms with van der Waals surface area (Å²) < 4.78 is 5.68. The highest BCUT2D eigenvalue weighted by molar-refractivity contribution is 7.12. The maximum absolute atomic E-state index is 13.3. The lowest BCUT2D eigenvalue weighted by atomic mass is 10.1. The minimum absolute atomic E-state index is 0.00330. The lowest BCUT2D eigenvalue weighted by molar-refractivity contribution is -0.120. The Kier molecular flexibility index (Phi) is 7.00. The van der Waals surface area contributed by atoms with Gasteiger partial charge in [0.2, 0.25) is 11.9 Å². The molecule has 40 heavy (non-hydrogen) atoms. The number of primary amides is 1. The Balaban J connectivity index is 1.28. The first-order valence-electron chi connectivity index (χ1n) is 13.1. The molecule has 1 saturated heterocycles. The number of aromatic amines is 1. The number of aliphatic hydroxyl groups excluding tert-OH is 1. The third-order valence-electron chi connectivity index (χ3n) is 7.25. The fraction of sp³-hybridized carbons (Fsp3) is 0.333. The first-order chi connectivity index (χ1) is 19.4. The third kappa shape index (κ3) is 5.06. The van der Waals surface area contributed by atoms with Gasteiger partial charge in [-0.25, -0.2) is 4.98 Å². The number of nitrogens with zero attached hydrogens (tertiary/aromatic N) is 4. The average Bonchev–Trinajstić information content (AvgIpc) is 3.68. The van der Waals surface area contributed by atoms with Gasteiger partial charge in [0.15, 0.2) is 0 Å². The Labute approximate surface area is 234 Å². The summed E-state index contributed by atoms with van der Waals surface area (Å²) in [5.41, 5.74) is 9.31. The number of aliphatic hydroxyl groups is 1. The minimum Gasteiger partial charge on any atom is -0.495 e. The van der Waals surface area contributed by atoms with Gasteiger partial charge in [-0.2, -0.15) is 4.98 Å². The van der Waals surface area contributed by atoms with E-state index < -0.39 is 5.91 Å². The molecular formula is C27H30N8O4S. The van der Waals surface area contributed by atoms with Crippen molar-refractivity contribution in [3.05, 3.63) is 46.3 Å². The number of anilines is 5. The SMILES string of the molecule is COc1cc2c(cc1Nc1nc(Nc3ccsc3C(N)=O)c3ccnc-3[nH]1)N(C(=O)CN1CCCC(O)C1)CC2. The van der Waals surface area contributed by atoms with Gasteiger partial charge >= 0.3 is 0 Å². The van der Waals surface area contributed by atoms with Crippen LogP contribution in [0.5, 0.6) is 5.75 Å². The van der Waals surface area contributed by atoms with Crippen molar-refractivity contribution >= 4 is 52.0 Å². The number of nitrogens with one attached hydrogen (secondary N) is 3. The van der Waals surface area contributed by atoms with Crippen LogP contribution in [0, 0.1) is 0 Å². The zero-order valence-corrected chi connectivity index (χ0v) is 22.8. The normalized spacial score (nSPS) is 17.1. The standard InChI is InChI=1S/C27H30N8O4S/c1-39-21-11-15-5-9-35(22(37)14-34-8-2-3-16(36)13-34)20(15)12-19(21)31-27-32-25-17(4-7-29-25)26(33-27)30-18-6-10-40-23(18)24(28)38/h4,6-7,10-12,16,36H,2-3,5,8-9,13-14H2,1H3,(H2,28,38)(H3,29,30,31,32,33). The second-order valence-corrected chi connectivity index (χ2v) is 10.8. The van der Waals surface area contributed by atoms with Crippen molar-refractivity contribution in [3.63, 3.8) is 0 Å². The number of ether oxygens (including phenoxy) is 1. The van der Waals surface area contributed by atoms with Crippen LogP contribution in [0.25, 0.3) is 11.4 Å². The number of carbonyl (C=O) groups is 2. The lowest BCUT2D eigenvalue weighted by Crippen LogP contribution is -2.45. The summed E-state index contributed by atoms with van der Waals surface area (Å²) in [5, 5.41) is 18.3. The Morgan fingerprint density at radius 2 is 2.12 bits per heavy atom. The van der Waals surface area contributed by atoms with E-state index >= 15 is 0 Å². The van der Waals surface area contributed by atoms with Crippen molar-refractivity contribution in [2.75, 3.05) is 48.8 Å². The van der Waals surface area contributed by atoms with Crippen LogP contribution in [0.15, 0.2) is 35.8 Å². The van der Waals surface area contributed by atoms with Crippen LogP contribution in [-0.2, 0) is 11.2 Å². The van der Waals surface area contributed by atoms with Crippen molar-refractivity contribution in [3.8, 4) is 17.1 Å². The van der Waals surface area contributed by atoms with E-state index in [1.165, 1.54) is 11.3 Å². The minimum atomic E-state index is -0.520. The van der Waals surface area contributed by atoms with Crippen LogP contribution in [-0.4, -0.2) is 76.2 Å². The molecule has 0 radical (unpaired) electrons. The van der Waals surface area contributed by atoms with E-state index in [4.69, 9.17) is 15.5 Å². The Bertz CT molecular complexity index is 1530. The number of likely N-dealkylation sites (tertiary alicyclic amines) is 1. The van der Waals surface area contributed by atoms with Crippen LogP contribution < -0.4 is 26.0 Å². The molecule has 12 nitrogen and oxygen atoms in total. The van der Waals surface area contributed by atoms with Crippen molar-refractivity contribution in [2.24, 2.45) is 5.73 Å². The Morgan fingerprint density at radius 1 is 1.25 bits per heavy atom. The number of H-pyrrole nitrogens is 1. The number of thiophene rings is 1. The summed E-state index contributed by atoms with van der Waals surface area (Å²) >= 11 is 1.25. The number of hydrogen-bond donors (Lipinski definition) is 5. The molecule has 208 valence electrons. The molecule has 0 aliphatic carbocycles. The van der Waals surface area contributed by atoms with E-state index in [0.29, 0.717) is 52.7 Å². The summed E-state index contributed by atoms with van der Waals surface area (Å²) in [7, 11) is 1.60. The molecule has 2 aromatic rings. The van der Waals surface area contributed by atoms with Crippen molar-refractivity contribution in [2.45, 2.75) is 25.4 Å². The smallest absolute Gasteiger partial charge is 0.260 e. The molecular weight excluding hydrogens is 532 g/mol. The van der Waals surface area contributed by atoms with Gasteiger partial charge in [-0.1, -0.05) is 0 Å². The second-order valence-electron chi connectivity index (χ2n) is 9.93. The summed E-state index contributed by atoms with van der Waals surface area (Å²) in [5.74, 6) is 1.58. The number of carbonyl (C=O) groups excluding carboxylic acids is 2. The van der Waals surface area contributed by atoms with Crippen LogP contribution >= 0.6 is 11.3 Å². The van der Waals surface area contributed by atoms with Gasteiger partial charge in [0.05, 0.1) is 36.7 Å². The number of fused-ring (bicyclic) bond motifs is 2. The predicted molar refractivity (Wildman–Crippen MR) is 153 cm³/mol. The van der Waals surface area contributed by atoms with Crippen LogP contribution in [0.3, 0.4) is 0 Å². The maximum atomic E-state index is 13.3. The molecule has 13 heteroatoms. The second kappa shape index (κ2) is 10.8. The number of nitrogens with two attached hydrogens (primary N) is 1. The van der Waals surface area contributed by atoms with E-state index in [0.717, 1.165) is 42.6 Å². The topological polar surface area (TPSA) is 162 Å². The van der Waals surface area contributed by atoms with Gasteiger partial charge < -0.3 is 36.1 Å². The summed E-state index contributed by atoms with van der Waals surface area (Å²) in [6.45, 7) is 2.18. The molecule has 1 unspecified atom stereocenters. The van der Waals surface area contributed by atoms with Crippen molar-refractivity contribution in [1.29, 1.82) is 0 Å². The molecule has 4 aliphatic rings. The number of β-amino-alcohol motifs (C(OH)–C–C–N with tert-alkyl or cyclic N) is 1. The van der Waals surface area contributed by atoms with Gasteiger partial charge in [0, 0.05) is 25.0 Å². The number of rotatable bonds is 8. The number of hydrogen-bond acceptors (Lipinski definition) is 10. The van der Waals surface area contributed by atoms with E-state index in [2.05, 4.69) is 20.6 Å². The van der Waals surface area contributed by atoms with Gasteiger partial charge in [0.1, 0.15) is 22.3 Å². The Morgan fingerprint density at radius 3 is 2.92 bits per heavy atom. The molecule has 2 amide bonds. The fourth-order valence-electron chi connectivity index (χ4n) is 5.34. The number of aromatic nitrogens is 3. The molecule has 5 heterocycles. The number of piperidine rings is 1. The fourth-order valence-corrected chi connectivity index (χ4v) is 6.04. The van der Waals surface area contributed by atoms with Crippen molar-refractivity contribution in [1.82, 2.24) is 19.9 Å². The number of methoxy groups -OCH3 is 1. The van der Waals surface area contributed by atoms with Gasteiger partial charge in [-0.15, -0.1) is 11.3 Å². The molecule has 1 aromatic heterocycles. The van der Waals surface area contributed by atoms with Crippen molar-refractivity contribution < 1.29 is 19.4 Å². The molecule has 1 fully saturated rings. The van der Waals surface area contributed by atoms with Crippen LogP contribution in [0.1, 0.15) is 28.1 Å². The van der Waals surface area contributed by atoms with E-state index in [1.807, 2.05) is 23.1 Å². The summed E-state index contributed by atoms with van der Waals surface area (Å²) in [4.78, 5) is 41.7. The maximum Gasteiger partial charge on any atom is 0.260 e. The largest absolute Gasteiger partial charge is 0.495 e. The molecule has 6 N–H and O–H groups in total. The molecule has 0 spiro atoms. The quantitative estimate of drug-likeness (QED) is 0.217. The van der Waals surface area contributed by atoms with E-state index in [9.17, 15) is 14.7 Å². The zero-order chi connectivity index (χ0) is 27.8. The molecule has 1 atom stereocenters. The first-order valence-corrected chi connectivity index (χ1v) is 14.0. The van der Waals surface area contributed by atoms with Gasteiger partial charge in [-0.05, 0) is 61.0 Å². The average molecular weight is 563 g/mol. The highest BCUT2D eigenvalue weighted by Gasteiger charge is 2.29. The monoisotopic (exact) mass is 562 g/mol. The van der Waals surface area contributed by atoms with Crippen LogP contribution in [0.2, 0.25) is 0 Å². The van der Waals surface area contributed by atoms with Crippen LogP contribution in [0.4, 0.5) is 28.8 Å². The Hall–Kier alpha value is -4.20. The lowest BCUT2D eigenvalue weighted by Gasteiger charge is -2.31. The van der Waals surface area contributed by atoms with Gasteiger partial charge in [-0.3, -0.25) is 14.5 Å². The number of amides is 2. The van der Waals surface area contributed by atoms with Gasteiger partial charge in [0.25, 0.3) is 5.91 Å². The first kappa shape index (κ1) is 26.0. The molecule has 6 rings (SSSR count). The molecule has 0 bridgehead atoms. The number of benzene rings is 1. The summed E-state index contributed by atoms with van der Waals surface area (Å²) in [6, 6.07) is 7.44. The van der Waals surface area contributed by atoms with E-state index in [1.54, 1.807) is 29.7 Å². The molecule has 1 aromatic carbocycles. The van der Waals surface area contributed by atoms with E-state index in [-0.39, 0.29) is 18.6 Å². The molecule has 0 saturated carbocycles. The highest BCUT2D eigenvalue weighted by Crippen LogP contribution is 2.39. The predicted octanol–water partition coefficient (Wildman–Crippen LogP) is 2.91. The summed E-state index contributed by atoms with van der Waals surface area (Å²) in [6.07, 6.45) is 3.67. The third-order valence-corrected chi connectivity index (χ3v) is 8.18. The molecule has 4 aliphatic heterocycles.